The number of benzene rings is 2. The minimum Gasteiger partial charge on any atom is -0.294 e. The molecule has 0 spiro atoms. The van der Waals surface area contributed by atoms with E-state index in [1.807, 2.05) is 6.92 Å². The van der Waals surface area contributed by atoms with Crippen LogP contribution < -0.4 is 5.14 Å². The highest BCUT2D eigenvalue weighted by atomic mass is 35.5. The molecule has 0 heterocycles. The molecule has 0 aliphatic carbocycles. The third-order valence-electron chi connectivity index (χ3n) is 3.73. The number of hydrogen-bond donors (Lipinski definition) is 1. The summed E-state index contributed by atoms with van der Waals surface area (Å²) in [5.41, 5.74) is 1.04. The molecule has 0 fully saturated rings. The number of unbranched alkanes of at least 4 members (excludes halogenated alkanes) is 1. The van der Waals surface area contributed by atoms with E-state index in [1.54, 1.807) is 24.3 Å². The maximum Gasteiger partial charge on any atom is 0.239 e. The average molecular weight is 380 g/mol. The zero-order valence-electron chi connectivity index (χ0n) is 13.7. The van der Waals surface area contributed by atoms with Crippen LogP contribution in [0.25, 0.3) is 0 Å². The van der Waals surface area contributed by atoms with Gasteiger partial charge in [0.15, 0.2) is 11.6 Å². The summed E-state index contributed by atoms with van der Waals surface area (Å²) in [6.07, 6.45) is 2.23. The Morgan fingerprint density at radius 2 is 1.56 bits per heavy atom. The van der Waals surface area contributed by atoms with E-state index in [-0.39, 0.29) is 27.0 Å². The van der Waals surface area contributed by atoms with Crippen LogP contribution in [0.5, 0.6) is 0 Å². The Morgan fingerprint density at radius 1 is 1.00 bits per heavy atom. The van der Waals surface area contributed by atoms with Gasteiger partial charge in [-0.15, -0.1) is 0 Å². The topological polar surface area (TPSA) is 94.3 Å². The van der Waals surface area contributed by atoms with Crippen LogP contribution in [0, 0.1) is 0 Å². The van der Waals surface area contributed by atoms with Crippen molar-refractivity contribution in [3.63, 3.8) is 0 Å². The molecule has 0 saturated heterocycles. The van der Waals surface area contributed by atoms with Crippen LogP contribution in [0.1, 0.15) is 52.5 Å². The lowest BCUT2D eigenvalue weighted by Crippen LogP contribution is -2.14. The molecule has 0 bridgehead atoms. The van der Waals surface area contributed by atoms with Gasteiger partial charge < -0.3 is 0 Å². The van der Waals surface area contributed by atoms with Crippen molar-refractivity contribution in [3.05, 3.63) is 64.2 Å². The van der Waals surface area contributed by atoms with Gasteiger partial charge in [0.05, 0.1) is 5.02 Å². The second-order valence-electron chi connectivity index (χ2n) is 5.62. The van der Waals surface area contributed by atoms with E-state index in [0.29, 0.717) is 17.5 Å². The number of Topliss-reactive ketones (excluding diaryl/α,β-unsaturated/α-hetero) is 1. The summed E-state index contributed by atoms with van der Waals surface area (Å²) in [5.74, 6) is -0.349. The number of sulfonamides is 1. The summed E-state index contributed by atoms with van der Waals surface area (Å²) >= 11 is 5.82. The molecule has 2 aromatic rings. The van der Waals surface area contributed by atoms with Gasteiger partial charge in [0, 0.05) is 23.1 Å². The van der Waals surface area contributed by atoms with Gasteiger partial charge in [0.1, 0.15) is 4.90 Å². The van der Waals surface area contributed by atoms with Crippen molar-refractivity contribution in [1.29, 1.82) is 0 Å². The fraction of sp³-hybridized carbons (Fsp3) is 0.222. The third kappa shape index (κ3) is 4.75. The summed E-state index contributed by atoms with van der Waals surface area (Å²) in [5, 5.41) is 5.05. The van der Waals surface area contributed by atoms with Crippen molar-refractivity contribution in [2.24, 2.45) is 5.14 Å². The first kappa shape index (κ1) is 19.3. The Morgan fingerprint density at radius 3 is 2.12 bits per heavy atom. The first-order valence-electron chi connectivity index (χ1n) is 7.74. The lowest BCUT2D eigenvalue weighted by atomic mass is 9.99. The fourth-order valence-electron chi connectivity index (χ4n) is 2.32. The smallest absolute Gasteiger partial charge is 0.239 e. The van der Waals surface area contributed by atoms with Crippen LogP contribution in [0.15, 0.2) is 47.4 Å². The lowest BCUT2D eigenvalue weighted by molar-refractivity contribution is 0.0977. The number of hydrogen-bond acceptors (Lipinski definition) is 4. The number of primary sulfonamides is 1. The van der Waals surface area contributed by atoms with Gasteiger partial charge >= 0.3 is 0 Å². The van der Waals surface area contributed by atoms with E-state index in [1.165, 1.54) is 12.1 Å². The SMILES string of the molecule is CCCCC(=O)c1ccc(C(=O)c2ccc(Cl)c(S(N)(=O)=O)c2)cc1. The number of halogens is 1. The van der Waals surface area contributed by atoms with Crippen LogP contribution in [-0.4, -0.2) is 20.0 Å². The molecule has 0 radical (unpaired) electrons. The standard InChI is InChI=1S/C18H18ClNO4S/c1-2-3-4-16(21)12-5-7-13(8-6-12)18(22)14-9-10-15(19)17(11-14)25(20,23)24/h5-11H,2-4H2,1H3,(H2,20,23,24). The van der Waals surface area contributed by atoms with Crippen molar-refractivity contribution in [2.75, 3.05) is 0 Å². The summed E-state index contributed by atoms with van der Waals surface area (Å²) in [6, 6.07) is 10.2. The van der Waals surface area contributed by atoms with Crippen molar-refractivity contribution in [2.45, 2.75) is 31.1 Å². The van der Waals surface area contributed by atoms with Gasteiger partial charge in [0.25, 0.3) is 0 Å². The van der Waals surface area contributed by atoms with Gasteiger partial charge in [-0.3, -0.25) is 9.59 Å². The minimum atomic E-state index is -4.03. The van der Waals surface area contributed by atoms with Crippen molar-refractivity contribution < 1.29 is 18.0 Å². The summed E-state index contributed by atoms with van der Waals surface area (Å²) in [4.78, 5) is 24.2. The Bertz CT molecular complexity index is 905. The Kier molecular flexibility index (Phi) is 6.11. The van der Waals surface area contributed by atoms with Gasteiger partial charge in [0.2, 0.25) is 10.0 Å². The molecule has 5 nitrogen and oxygen atoms in total. The summed E-state index contributed by atoms with van der Waals surface area (Å²) in [6.45, 7) is 2.01. The number of carbonyl (C=O) groups excluding carboxylic acids is 2. The Labute approximate surface area is 151 Å². The third-order valence-corrected chi connectivity index (χ3v) is 5.12. The highest BCUT2D eigenvalue weighted by molar-refractivity contribution is 7.89. The van der Waals surface area contributed by atoms with Crippen molar-refractivity contribution in [3.8, 4) is 0 Å². The average Bonchev–Trinajstić information content (AvgIpc) is 2.58. The number of rotatable bonds is 7. The molecule has 2 rings (SSSR count). The van der Waals surface area contributed by atoms with Crippen LogP contribution >= 0.6 is 11.6 Å². The highest BCUT2D eigenvalue weighted by Crippen LogP contribution is 2.23. The molecule has 0 unspecified atom stereocenters. The largest absolute Gasteiger partial charge is 0.294 e. The van der Waals surface area contributed by atoms with E-state index >= 15 is 0 Å². The van der Waals surface area contributed by atoms with E-state index in [4.69, 9.17) is 16.7 Å². The van der Waals surface area contributed by atoms with Gasteiger partial charge in [-0.05, 0) is 24.6 Å². The second kappa shape index (κ2) is 7.91. The first-order chi connectivity index (χ1) is 11.7. The van der Waals surface area contributed by atoms with Crippen LogP contribution in [0.4, 0.5) is 0 Å². The van der Waals surface area contributed by atoms with Gasteiger partial charge in [-0.25, -0.2) is 13.6 Å². The summed E-state index contributed by atoms with van der Waals surface area (Å²) < 4.78 is 23.0. The molecule has 2 aromatic carbocycles. The predicted octanol–water partition coefficient (Wildman–Crippen LogP) is 3.59. The first-order valence-corrected chi connectivity index (χ1v) is 9.66. The molecule has 25 heavy (non-hydrogen) atoms. The normalized spacial score (nSPS) is 11.3. The van der Waals surface area contributed by atoms with Gasteiger partial charge in [-0.1, -0.05) is 49.2 Å². The quantitative estimate of drug-likeness (QED) is 0.743. The van der Waals surface area contributed by atoms with E-state index < -0.39 is 10.0 Å². The van der Waals surface area contributed by atoms with E-state index in [2.05, 4.69) is 0 Å². The molecule has 7 heteroatoms. The van der Waals surface area contributed by atoms with Crippen LogP contribution in [0.2, 0.25) is 5.02 Å². The number of carbonyl (C=O) groups is 2. The molecule has 0 aromatic heterocycles. The Hall–Kier alpha value is -2.02. The molecule has 0 saturated carbocycles. The molecule has 132 valence electrons. The second-order valence-corrected chi connectivity index (χ2v) is 7.56. The zero-order valence-corrected chi connectivity index (χ0v) is 15.2. The maximum atomic E-state index is 12.5. The number of ketones is 2. The molecule has 0 atom stereocenters. The van der Waals surface area contributed by atoms with Gasteiger partial charge in [-0.2, -0.15) is 0 Å². The fourth-order valence-corrected chi connectivity index (χ4v) is 3.39. The molecule has 0 amide bonds. The Balaban J connectivity index is 2.28. The zero-order chi connectivity index (χ0) is 18.6. The summed E-state index contributed by atoms with van der Waals surface area (Å²) in [7, 11) is -4.03. The predicted molar refractivity (Wildman–Crippen MR) is 96.6 cm³/mol. The highest BCUT2D eigenvalue weighted by Gasteiger charge is 2.17. The number of nitrogens with two attached hydrogens (primary N) is 1. The molecule has 0 aliphatic rings. The lowest BCUT2D eigenvalue weighted by Gasteiger charge is -2.06. The molecule has 0 aliphatic heterocycles. The van der Waals surface area contributed by atoms with Crippen molar-refractivity contribution in [1.82, 2.24) is 0 Å². The van der Waals surface area contributed by atoms with Crippen LogP contribution in [0.3, 0.4) is 0 Å². The monoisotopic (exact) mass is 379 g/mol. The molecular weight excluding hydrogens is 362 g/mol. The van der Waals surface area contributed by atoms with Crippen molar-refractivity contribution >= 4 is 33.2 Å². The minimum absolute atomic E-state index is 0.0313. The molecule has 2 N–H and O–H groups in total. The molecular formula is C18H18ClNO4S. The van der Waals surface area contributed by atoms with Crippen LogP contribution in [-0.2, 0) is 10.0 Å². The van der Waals surface area contributed by atoms with E-state index in [9.17, 15) is 18.0 Å². The van der Waals surface area contributed by atoms with E-state index in [0.717, 1.165) is 18.9 Å². The maximum absolute atomic E-state index is 12.5.